The molecule has 1 aromatic heterocycles. The van der Waals surface area contributed by atoms with Crippen molar-refractivity contribution in [1.29, 1.82) is 0 Å². The monoisotopic (exact) mass is 330 g/mol. The van der Waals surface area contributed by atoms with Gasteiger partial charge >= 0.3 is 0 Å². The van der Waals surface area contributed by atoms with Crippen LogP contribution in [0.4, 0.5) is 27.5 Å². The van der Waals surface area contributed by atoms with Gasteiger partial charge in [-0.1, -0.05) is 36.4 Å². The Bertz CT molecular complexity index is 1020. The first-order valence-corrected chi connectivity index (χ1v) is 7.89. The molecule has 0 bridgehead atoms. The van der Waals surface area contributed by atoms with Crippen molar-refractivity contribution in [3.63, 3.8) is 0 Å². The van der Waals surface area contributed by atoms with E-state index in [1.165, 1.54) is 12.1 Å². The minimum absolute atomic E-state index is 0.300. The van der Waals surface area contributed by atoms with Gasteiger partial charge in [-0.2, -0.15) is 4.98 Å². The van der Waals surface area contributed by atoms with E-state index in [-0.39, 0.29) is 5.82 Å². The molecule has 0 saturated carbocycles. The van der Waals surface area contributed by atoms with Crippen molar-refractivity contribution in [2.45, 2.75) is 0 Å². The maximum absolute atomic E-state index is 13.5. The molecule has 25 heavy (non-hydrogen) atoms. The molecule has 4 rings (SSSR count). The first-order chi connectivity index (χ1) is 12.3. The maximum atomic E-state index is 13.5. The fourth-order valence-corrected chi connectivity index (χ4v) is 2.58. The van der Waals surface area contributed by atoms with Crippen molar-refractivity contribution in [3.05, 3.63) is 84.7 Å². The van der Waals surface area contributed by atoms with Crippen LogP contribution in [0.3, 0.4) is 0 Å². The summed E-state index contributed by atoms with van der Waals surface area (Å²) in [5.41, 5.74) is 2.33. The van der Waals surface area contributed by atoms with E-state index < -0.39 is 0 Å². The van der Waals surface area contributed by atoms with Gasteiger partial charge in [0.1, 0.15) is 11.6 Å². The van der Waals surface area contributed by atoms with Crippen molar-refractivity contribution in [3.8, 4) is 0 Å². The summed E-state index contributed by atoms with van der Waals surface area (Å²) in [5, 5.41) is 7.25. The molecular weight excluding hydrogens is 315 g/mol. The summed E-state index contributed by atoms with van der Waals surface area (Å²) in [6, 6.07) is 23.7. The van der Waals surface area contributed by atoms with Crippen LogP contribution in [0.15, 0.2) is 78.9 Å². The van der Waals surface area contributed by atoms with Crippen molar-refractivity contribution < 1.29 is 4.39 Å². The number of hydrogen-bond acceptors (Lipinski definition) is 4. The lowest BCUT2D eigenvalue weighted by atomic mass is 10.2. The number of benzene rings is 3. The molecule has 0 saturated heterocycles. The van der Waals surface area contributed by atoms with Crippen LogP contribution >= 0.6 is 0 Å². The Balaban J connectivity index is 1.76. The Morgan fingerprint density at radius 1 is 0.680 bits per heavy atom. The second kappa shape index (κ2) is 6.57. The Hall–Kier alpha value is -3.47. The summed E-state index contributed by atoms with van der Waals surface area (Å²) in [6.45, 7) is 0. The van der Waals surface area contributed by atoms with Crippen molar-refractivity contribution in [2.24, 2.45) is 0 Å². The molecule has 0 aliphatic carbocycles. The molecule has 0 aliphatic heterocycles. The molecule has 1 heterocycles. The van der Waals surface area contributed by atoms with E-state index in [9.17, 15) is 4.39 Å². The predicted octanol–water partition coefficient (Wildman–Crippen LogP) is 5.26. The number of hydrogen-bond donors (Lipinski definition) is 2. The van der Waals surface area contributed by atoms with Crippen molar-refractivity contribution in [1.82, 2.24) is 9.97 Å². The molecule has 0 spiro atoms. The third-order valence-corrected chi connectivity index (χ3v) is 3.72. The van der Waals surface area contributed by atoms with E-state index in [0.29, 0.717) is 17.5 Å². The van der Waals surface area contributed by atoms with Crippen LogP contribution in [0, 0.1) is 5.82 Å². The highest BCUT2D eigenvalue weighted by Crippen LogP contribution is 2.26. The van der Waals surface area contributed by atoms with Gasteiger partial charge in [0.05, 0.1) is 5.52 Å². The van der Waals surface area contributed by atoms with E-state index in [1.54, 1.807) is 12.1 Å². The highest BCUT2D eigenvalue weighted by atomic mass is 19.1. The second-order valence-electron chi connectivity index (χ2n) is 5.54. The molecule has 0 amide bonds. The van der Waals surface area contributed by atoms with Crippen LogP contribution in [0.2, 0.25) is 0 Å². The van der Waals surface area contributed by atoms with E-state index >= 15 is 0 Å². The van der Waals surface area contributed by atoms with Gasteiger partial charge in [-0.05, 0) is 42.5 Å². The lowest BCUT2D eigenvalue weighted by molar-refractivity contribution is 0.628. The first-order valence-electron chi connectivity index (χ1n) is 7.89. The van der Waals surface area contributed by atoms with Crippen LogP contribution in [-0.2, 0) is 0 Å². The van der Waals surface area contributed by atoms with Gasteiger partial charge in [0, 0.05) is 16.8 Å². The quantitative estimate of drug-likeness (QED) is 0.536. The van der Waals surface area contributed by atoms with Crippen molar-refractivity contribution in [2.75, 3.05) is 10.6 Å². The summed E-state index contributed by atoms with van der Waals surface area (Å²) >= 11 is 0. The minimum Gasteiger partial charge on any atom is -0.339 e. The van der Waals surface area contributed by atoms with Gasteiger partial charge < -0.3 is 10.6 Å². The number of fused-ring (bicyclic) bond motifs is 1. The van der Waals surface area contributed by atoms with Crippen LogP contribution in [0.5, 0.6) is 0 Å². The fourth-order valence-electron chi connectivity index (χ4n) is 2.58. The summed E-state index contributed by atoms with van der Waals surface area (Å²) in [5.74, 6) is 0.796. The number of aromatic nitrogens is 2. The normalized spacial score (nSPS) is 10.6. The molecule has 0 aliphatic rings. The van der Waals surface area contributed by atoms with Gasteiger partial charge in [0.2, 0.25) is 5.95 Å². The number of halogens is 1. The Morgan fingerprint density at radius 3 is 2.28 bits per heavy atom. The zero-order valence-electron chi connectivity index (χ0n) is 13.3. The lowest BCUT2D eigenvalue weighted by Crippen LogP contribution is -2.02. The summed E-state index contributed by atoms with van der Waals surface area (Å²) in [4.78, 5) is 9.12. The molecular formula is C20H15FN4. The molecule has 0 atom stereocenters. The summed E-state index contributed by atoms with van der Waals surface area (Å²) in [7, 11) is 0. The average Bonchev–Trinajstić information content (AvgIpc) is 2.63. The standard InChI is InChI=1S/C20H15FN4/c21-14-7-6-10-16(13-14)22-19-17-11-4-5-12-18(17)24-20(25-19)23-15-8-2-1-3-9-15/h1-13H,(H2,22,23,24,25). The van der Waals surface area contributed by atoms with Crippen LogP contribution in [0.25, 0.3) is 10.9 Å². The van der Waals surface area contributed by atoms with Crippen LogP contribution < -0.4 is 10.6 Å². The van der Waals surface area contributed by atoms with Gasteiger partial charge in [-0.15, -0.1) is 0 Å². The zero-order valence-corrected chi connectivity index (χ0v) is 13.3. The van der Waals surface area contributed by atoms with E-state index in [2.05, 4.69) is 20.6 Å². The molecule has 2 N–H and O–H groups in total. The van der Waals surface area contributed by atoms with Gasteiger partial charge in [-0.25, -0.2) is 9.37 Å². The third-order valence-electron chi connectivity index (χ3n) is 3.72. The first kappa shape index (κ1) is 15.1. The average molecular weight is 330 g/mol. The molecule has 4 aromatic rings. The minimum atomic E-state index is -0.300. The highest BCUT2D eigenvalue weighted by molar-refractivity contribution is 5.91. The molecule has 0 unspecified atom stereocenters. The van der Waals surface area contributed by atoms with Gasteiger partial charge in [0.15, 0.2) is 0 Å². The SMILES string of the molecule is Fc1cccc(Nc2nc(Nc3ccccc3)nc3ccccc23)c1. The lowest BCUT2D eigenvalue weighted by Gasteiger charge is -2.12. The maximum Gasteiger partial charge on any atom is 0.229 e. The number of rotatable bonds is 4. The molecule has 0 radical (unpaired) electrons. The Kier molecular flexibility index (Phi) is 3.96. The molecule has 4 nitrogen and oxygen atoms in total. The predicted molar refractivity (Wildman–Crippen MR) is 98.9 cm³/mol. The Morgan fingerprint density at radius 2 is 1.44 bits per heavy atom. The summed E-state index contributed by atoms with van der Waals surface area (Å²) < 4.78 is 13.5. The molecule has 122 valence electrons. The molecule has 0 fully saturated rings. The highest BCUT2D eigenvalue weighted by Gasteiger charge is 2.08. The largest absolute Gasteiger partial charge is 0.339 e. The molecule has 5 heteroatoms. The second-order valence-corrected chi connectivity index (χ2v) is 5.54. The van der Waals surface area contributed by atoms with Gasteiger partial charge in [0.25, 0.3) is 0 Å². The van der Waals surface area contributed by atoms with Crippen LogP contribution in [0.1, 0.15) is 0 Å². The smallest absolute Gasteiger partial charge is 0.229 e. The number of anilines is 4. The van der Waals surface area contributed by atoms with E-state index in [0.717, 1.165) is 16.6 Å². The van der Waals surface area contributed by atoms with Crippen molar-refractivity contribution >= 4 is 34.0 Å². The Labute approximate surface area is 144 Å². The third kappa shape index (κ3) is 3.40. The number of nitrogens with zero attached hydrogens (tertiary/aromatic N) is 2. The van der Waals surface area contributed by atoms with E-state index in [1.807, 2.05) is 54.6 Å². The zero-order chi connectivity index (χ0) is 17.1. The fraction of sp³-hybridized carbons (Fsp3) is 0. The van der Waals surface area contributed by atoms with Gasteiger partial charge in [-0.3, -0.25) is 0 Å². The topological polar surface area (TPSA) is 49.8 Å². The number of nitrogens with one attached hydrogen (secondary N) is 2. The summed E-state index contributed by atoms with van der Waals surface area (Å²) in [6.07, 6.45) is 0. The number of para-hydroxylation sites is 2. The van der Waals surface area contributed by atoms with Crippen LogP contribution in [-0.4, -0.2) is 9.97 Å². The van der Waals surface area contributed by atoms with E-state index in [4.69, 9.17) is 0 Å². The molecule has 3 aromatic carbocycles.